The van der Waals surface area contributed by atoms with Crippen LogP contribution in [-0.4, -0.2) is 23.6 Å². The third-order valence-electron chi connectivity index (χ3n) is 3.42. The maximum absolute atomic E-state index is 12.3. The molecule has 2 aromatic rings. The van der Waals surface area contributed by atoms with Crippen LogP contribution in [0.4, 0.5) is 5.69 Å². The van der Waals surface area contributed by atoms with Gasteiger partial charge < -0.3 is 15.2 Å². The Kier molecular flexibility index (Phi) is 3.31. The van der Waals surface area contributed by atoms with Crippen LogP contribution in [0, 0.1) is 0 Å². The lowest BCUT2D eigenvalue weighted by Gasteiger charge is -2.10. The van der Waals surface area contributed by atoms with Gasteiger partial charge in [-0.25, -0.2) is 4.79 Å². The fourth-order valence-electron chi connectivity index (χ4n) is 2.31. The van der Waals surface area contributed by atoms with Gasteiger partial charge in [-0.3, -0.25) is 4.79 Å². The molecule has 5 nitrogen and oxygen atoms in total. The van der Waals surface area contributed by atoms with E-state index in [1.54, 1.807) is 12.1 Å². The molecule has 1 aliphatic rings. The summed E-state index contributed by atoms with van der Waals surface area (Å²) in [7, 11) is 0. The second-order valence-electron chi connectivity index (χ2n) is 4.77. The number of carbonyl (C=O) groups excluding carboxylic acids is 1. The molecule has 21 heavy (non-hydrogen) atoms. The lowest BCUT2D eigenvalue weighted by Crippen LogP contribution is -2.22. The van der Waals surface area contributed by atoms with Crippen LogP contribution in [0.3, 0.4) is 0 Å². The Morgan fingerprint density at radius 2 is 1.81 bits per heavy atom. The van der Waals surface area contributed by atoms with Crippen molar-refractivity contribution in [2.24, 2.45) is 0 Å². The average Bonchev–Trinajstić information content (AvgIpc) is 2.92. The van der Waals surface area contributed by atoms with Crippen molar-refractivity contribution in [1.82, 2.24) is 0 Å². The van der Waals surface area contributed by atoms with Gasteiger partial charge in [0.05, 0.1) is 5.56 Å². The van der Waals surface area contributed by atoms with Crippen molar-refractivity contribution < 1.29 is 19.4 Å². The van der Waals surface area contributed by atoms with E-state index in [1.165, 1.54) is 12.1 Å². The monoisotopic (exact) mass is 283 g/mol. The molecule has 2 aromatic carbocycles. The second-order valence-corrected chi connectivity index (χ2v) is 4.77. The summed E-state index contributed by atoms with van der Waals surface area (Å²) in [6.07, 6.45) is 0. The zero-order chi connectivity index (χ0) is 14.8. The molecular weight excluding hydrogens is 270 g/mol. The van der Waals surface area contributed by atoms with E-state index in [9.17, 15) is 9.59 Å². The molecule has 1 aliphatic heterocycles. The molecule has 1 unspecified atom stereocenters. The number of fused-ring (bicyclic) bond motifs is 1. The number of anilines is 1. The van der Waals surface area contributed by atoms with Crippen molar-refractivity contribution in [2.45, 2.75) is 5.92 Å². The van der Waals surface area contributed by atoms with Gasteiger partial charge in [-0.15, -0.1) is 0 Å². The standard InChI is InChI=1S/C16H13NO4/c18-15(13-9-21-14-4-2-1-3-12(13)14)17-11-7-5-10(6-8-11)16(19)20/h1-8,13H,9H2,(H,17,18)(H,19,20). The molecule has 0 aromatic heterocycles. The van der Waals surface area contributed by atoms with Crippen LogP contribution < -0.4 is 10.1 Å². The van der Waals surface area contributed by atoms with E-state index < -0.39 is 5.97 Å². The maximum Gasteiger partial charge on any atom is 0.335 e. The third-order valence-corrected chi connectivity index (χ3v) is 3.42. The highest BCUT2D eigenvalue weighted by Gasteiger charge is 2.29. The van der Waals surface area contributed by atoms with E-state index in [4.69, 9.17) is 9.84 Å². The van der Waals surface area contributed by atoms with Gasteiger partial charge in [0.15, 0.2) is 0 Å². The number of hydrogen-bond acceptors (Lipinski definition) is 3. The molecule has 1 atom stereocenters. The van der Waals surface area contributed by atoms with Crippen molar-refractivity contribution in [3.8, 4) is 5.75 Å². The van der Waals surface area contributed by atoms with Crippen molar-refractivity contribution in [2.75, 3.05) is 11.9 Å². The second kappa shape index (κ2) is 5.28. The fraction of sp³-hybridized carbons (Fsp3) is 0.125. The summed E-state index contributed by atoms with van der Waals surface area (Å²) in [6.45, 7) is 0.318. The third kappa shape index (κ3) is 2.58. The molecule has 0 bridgehead atoms. The first-order valence-corrected chi connectivity index (χ1v) is 6.51. The van der Waals surface area contributed by atoms with Crippen molar-refractivity contribution in [1.29, 1.82) is 0 Å². The molecule has 106 valence electrons. The van der Waals surface area contributed by atoms with Gasteiger partial charge >= 0.3 is 5.97 Å². The molecule has 1 amide bonds. The SMILES string of the molecule is O=C(O)c1ccc(NC(=O)C2COc3ccccc32)cc1. The predicted octanol–water partition coefficient (Wildman–Crippen LogP) is 2.50. The van der Waals surface area contributed by atoms with Gasteiger partial charge in [-0.1, -0.05) is 18.2 Å². The lowest BCUT2D eigenvalue weighted by atomic mass is 10.0. The summed E-state index contributed by atoms with van der Waals surface area (Å²) >= 11 is 0. The van der Waals surface area contributed by atoms with Gasteiger partial charge in [-0.05, 0) is 30.3 Å². The van der Waals surface area contributed by atoms with Crippen LogP contribution in [0.25, 0.3) is 0 Å². The zero-order valence-corrected chi connectivity index (χ0v) is 11.1. The van der Waals surface area contributed by atoms with Gasteiger partial charge in [0.1, 0.15) is 18.3 Å². The maximum atomic E-state index is 12.3. The molecule has 0 aliphatic carbocycles. The summed E-state index contributed by atoms with van der Waals surface area (Å²) < 4.78 is 5.48. The number of hydrogen-bond donors (Lipinski definition) is 2. The highest BCUT2D eigenvalue weighted by atomic mass is 16.5. The van der Waals surface area contributed by atoms with Gasteiger partial charge in [0.25, 0.3) is 0 Å². The number of nitrogens with one attached hydrogen (secondary N) is 1. The lowest BCUT2D eigenvalue weighted by molar-refractivity contribution is -0.117. The molecule has 3 rings (SSSR count). The molecule has 5 heteroatoms. The number of para-hydroxylation sites is 1. The summed E-state index contributed by atoms with van der Waals surface area (Å²) in [4.78, 5) is 23.1. The number of carboxylic acids is 1. The van der Waals surface area contributed by atoms with E-state index in [-0.39, 0.29) is 17.4 Å². The normalized spacial score (nSPS) is 15.9. The zero-order valence-electron chi connectivity index (χ0n) is 11.1. The molecule has 0 saturated heterocycles. The molecule has 0 fully saturated rings. The van der Waals surface area contributed by atoms with Crippen LogP contribution in [-0.2, 0) is 4.79 Å². The minimum Gasteiger partial charge on any atom is -0.492 e. The Hall–Kier alpha value is -2.82. The van der Waals surface area contributed by atoms with E-state index in [0.717, 1.165) is 11.3 Å². The van der Waals surface area contributed by atoms with Crippen LogP contribution in [0.15, 0.2) is 48.5 Å². The topological polar surface area (TPSA) is 75.6 Å². The molecule has 0 spiro atoms. The van der Waals surface area contributed by atoms with Gasteiger partial charge in [0, 0.05) is 11.3 Å². The first-order valence-electron chi connectivity index (χ1n) is 6.51. The molecular formula is C16H13NO4. The molecule has 1 heterocycles. The predicted molar refractivity (Wildman–Crippen MR) is 76.7 cm³/mol. The summed E-state index contributed by atoms with van der Waals surface area (Å²) in [5.74, 6) is -0.770. The summed E-state index contributed by atoms with van der Waals surface area (Å²) in [5, 5.41) is 11.6. The molecule has 0 saturated carbocycles. The van der Waals surface area contributed by atoms with E-state index in [1.807, 2.05) is 24.3 Å². The largest absolute Gasteiger partial charge is 0.492 e. The number of carbonyl (C=O) groups is 2. The van der Waals surface area contributed by atoms with Crippen molar-refractivity contribution >= 4 is 17.6 Å². The highest BCUT2D eigenvalue weighted by molar-refractivity contribution is 5.97. The van der Waals surface area contributed by atoms with E-state index in [0.29, 0.717) is 12.3 Å². The smallest absolute Gasteiger partial charge is 0.335 e. The Morgan fingerprint density at radius 1 is 1.10 bits per heavy atom. The number of amides is 1. The van der Waals surface area contributed by atoms with E-state index >= 15 is 0 Å². The van der Waals surface area contributed by atoms with Crippen molar-refractivity contribution in [3.05, 3.63) is 59.7 Å². The van der Waals surface area contributed by atoms with Crippen LogP contribution in [0.2, 0.25) is 0 Å². The van der Waals surface area contributed by atoms with Crippen LogP contribution in [0.5, 0.6) is 5.75 Å². The van der Waals surface area contributed by atoms with E-state index in [2.05, 4.69) is 5.32 Å². The highest BCUT2D eigenvalue weighted by Crippen LogP contribution is 2.34. The number of rotatable bonds is 3. The minimum atomic E-state index is -0.994. The first kappa shape index (κ1) is 13.2. The summed E-state index contributed by atoms with van der Waals surface area (Å²) in [5.41, 5.74) is 1.62. The number of ether oxygens (including phenoxy) is 1. The number of aromatic carboxylic acids is 1. The van der Waals surface area contributed by atoms with Crippen LogP contribution >= 0.6 is 0 Å². The van der Waals surface area contributed by atoms with Crippen LogP contribution in [0.1, 0.15) is 21.8 Å². The number of benzene rings is 2. The van der Waals surface area contributed by atoms with Gasteiger partial charge in [0.2, 0.25) is 5.91 Å². The molecule has 0 radical (unpaired) electrons. The van der Waals surface area contributed by atoms with Gasteiger partial charge in [-0.2, -0.15) is 0 Å². The average molecular weight is 283 g/mol. The van der Waals surface area contributed by atoms with Crippen molar-refractivity contribution in [3.63, 3.8) is 0 Å². The summed E-state index contributed by atoms with van der Waals surface area (Å²) in [6, 6.07) is 13.5. The minimum absolute atomic E-state index is 0.164. The number of carboxylic acid groups (broad SMARTS) is 1. The first-order chi connectivity index (χ1) is 10.1. The Morgan fingerprint density at radius 3 is 2.52 bits per heavy atom. The molecule has 2 N–H and O–H groups in total. The quantitative estimate of drug-likeness (QED) is 0.907. The Balaban J connectivity index is 1.74. The Bertz CT molecular complexity index is 694. The Labute approximate surface area is 121 Å². The fourth-order valence-corrected chi connectivity index (χ4v) is 2.31.